The highest BCUT2D eigenvalue weighted by Crippen LogP contribution is 2.32. The van der Waals surface area contributed by atoms with Crippen molar-refractivity contribution in [3.05, 3.63) is 83.7 Å². The van der Waals surface area contributed by atoms with Gasteiger partial charge in [-0.3, -0.25) is 0 Å². The predicted molar refractivity (Wildman–Crippen MR) is 124 cm³/mol. The third kappa shape index (κ3) is 5.62. The fraction of sp³-hybridized carbons (Fsp3) is 0.192. The van der Waals surface area contributed by atoms with Crippen LogP contribution >= 0.6 is 0 Å². The summed E-state index contributed by atoms with van der Waals surface area (Å²) in [6, 6.07) is 20.0. The number of nitrogens with zero attached hydrogens (tertiary/aromatic N) is 1. The summed E-state index contributed by atoms with van der Waals surface area (Å²) in [6.45, 7) is 2.21. The highest BCUT2D eigenvalue weighted by Gasteiger charge is 2.28. The molecule has 0 aliphatic heterocycles. The monoisotopic (exact) mass is 452 g/mol. The van der Waals surface area contributed by atoms with Gasteiger partial charge in [0.15, 0.2) is 6.61 Å². The lowest BCUT2D eigenvalue weighted by Gasteiger charge is -2.21. The van der Waals surface area contributed by atoms with Gasteiger partial charge in [-0.1, -0.05) is 48.5 Å². The minimum absolute atomic E-state index is 0.159. The summed E-state index contributed by atoms with van der Waals surface area (Å²) in [5.74, 6) is 0.808. The number of rotatable bonds is 6. The number of H-pyrrole nitrogens is 1. The molecular formula is C26H23F3N2O2. The van der Waals surface area contributed by atoms with Crippen LogP contribution in [0.4, 0.5) is 13.2 Å². The molecule has 1 heterocycles. The molecule has 0 saturated carbocycles. The zero-order chi connectivity index (χ0) is 23.6. The standard InChI is InChI=1S/C26H23F3N2O2/c1-25(2,32)21-6-4-3-5-20(21)18-10-13-22-23(15-18)31-24(30-22)14-9-17-7-11-19(12-8-17)33-16-26(27,28)29/h3-15,32H,16H2,1-2H3,(H,30,31). The quantitative estimate of drug-likeness (QED) is 0.348. The van der Waals surface area contributed by atoms with Crippen LogP contribution in [-0.2, 0) is 5.60 Å². The Morgan fingerprint density at radius 1 is 0.970 bits per heavy atom. The Hall–Kier alpha value is -3.58. The Balaban J connectivity index is 1.53. The van der Waals surface area contributed by atoms with Gasteiger partial charge in [0, 0.05) is 0 Å². The largest absolute Gasteiger partial charge is 0.484 e. The minimum Gasteiger partial charge on any atom is -0.484 e. The number of halogens is 3. The number of fused-ring (bicyclic) bond motifs is 1. The molecule has 0 aliphatic rings. The van der Waals surface area contributed by atoms with E-state index in [1.807, 2.05) is 48.5 Å². The maximum Gasteiger partial charge on any atom is 0.422 e. The van der Waals surface area contributed by atoms with Crippen molar-refractivity contribution in [1.82, 2.24) is 9.97 Å². The molecule has 4 aromatic rings. The first-order valence-electron chi connectivity index (χ1n) is 10.4. The Bertz CT molecular complexity index is 1280. The summed E-state index contributed by atoms with van der Waals surface area (Å²) >= 11 is 0. The molecular weight excluding hydrogens is 429 g/mol. The number of alkyl halides is 3. The van der Waals surface area contributed by atoms with Crippen LogP contribution in [-0.4, -0.2) is 27.9 Å². The molecule has 0 spiro atoms. The average Bonchev–Trinajstić information content (AvgIpc) is 3.18. The second-order valence-electron chi connectivity index (χ2n) is 8.26. The molecule has 0 saturated heterocycles. The number of imidazole rings is 1. The second-order valence-corrected chi connectivity index (χ2v) is 8.26. The average molecular weight is 452 g/mol. The van der Waals surface area contributed by atoms with E-state index in [-0.39, 0.29) is 5.75 Å². The zero-order valence-electron chi connectivity index (χ0n) is 18.1. The van der Waals surface area contributed by atoms with E-state index in [2.05, 4.69) is 9.97 Å². The van der Waals surface area contributed by atoms with Crippen LogP contribution < -0.4 is 4.74 Å². The molecule has 170 valence electrons. The third-order valence-electron chi connectivity index (χ3n) is 5.11. The van der Waals surface area contributed by atoms with Gasteiger partial charge >= 0.3 is 6.18 Å². The molecule has 0 atom stereocenters. The molecule has 0 aliphatic carbocycles. The SMILES string of the molecule is CC(C)(O)c1ccccc1-c1ccc2[nH]c(C=Cc3ccc(OCC(F)(F)F)cc3)nc2c1. The molecule has 0 fully saturated rings. The lowest BCUT2D eigenvalue weighted by atomic mass is 9.89. The van der Waals surface area contributed by atoms with Crippen molar-refractivity contribution >= 4 is 23.2 Å². The Morgan fingerprint density at radius 3 is 2.39 bits per heavy atom. The van der Waals surface area contributed by atoms with Crippen molar-refractivity contribution in [2.45, 2.75) is 25.6 Å². The van der Waals surface area contributed by atoms with Crippen LogP contribution in [0.2, 0.25) is 0 Å². The van der Waals surface area contributed by atoms with E-state index < -0.39 is 18.4 Å². The summed E-state index contributed by atoms with van der Waals surface area (Å²) in [7, 11) is 0. The van der Waals surface area contributed by atoms with Crippen LogP contribution in [0, 0.1) is 0 Å². The molecule has 0 bridgehead atoms. The lowest BCUT2D eigenvalue weighted by Crippen LogP contribution is -2.19. The second kappa shape index (κ2) is 8.75. The van der Waals surface area contributed by atoms with E-state index >= 15 is 0 Å². The van der Waals surface area contributed by atoms with Crippen molar-refractivity contribution in [1.29, 1.82) is 0 Å². The number of hydrogen-bond donors (Lipinski definition) is 2. The fourth-order valence-electron chi connectivity index (χ4n) is 3.56. The van der Waals surface area contributed by atoms with Gasteiger partial charge in [0.25, 0.3) is 0 Å². The van der Waals surface area contributed by atoms with Crippen molar-refractivity contribution in [3.63, 3.8) is 0 Å². The molecule has 0 amide bonds. The van der Waals surface area contributed by atoms with Gasteiger partial charge in [0.1, 0.15) is 11.6 Å². The molecule has 0 unspecified atom stereocenters. The van der Waals surface area contributed by atoms with Gasteiger partial charge in [-0.15, -0.1) is 0 Å². The maximum atomic E-state index is 12.3. The smallest absolute Gasteiger partial charge is 0.422 e. The van der Waals surface area contributed by atoms with Gasteiger partial charge in [-0.05, 0) is 66.4 Å². The van der Waals surface area contributed by atoms with E-state index in [0.717, 1.165) is 33.3 Å². The van der Waals surface area contributed by atoms with Crippen LogP contribution in [0.15, 0.2) is 66.7 Å². The summed E-state index contributed by atoms with van der Waals surface area (Å²) in [6.07, 6.45) is -0.748. The number of nitrogens with one attached hydrogen (secondary N) is 1. The summed E-state index contributed by atoms with van der Waals surface area (Å²) in [5, 5.41) is 10.5. The topological polar surface area (TPSA) is 58.1 Å². The van der Waals surface area contributed by atoms with E-state index in [0.29, 0.717) is 5.82 Å². The van der Waals surface area contributed by atoms with Crippen LogP contribution in [0.25, 0.3) is 34.3 Å². The number of aromatic amines is 1. The van der Waals surface area contributed by atoms with Crippen molar-refractivity contribution in [2.24, 2.45) is 0 Å². The highest BCUT2D eigenvalue weighted by atomic mass is 19.4. The van der Waals surface area contributed by atoms with Gasteiger partial charge in [0.05, 0.1) is 16.6 Å². The van der Waals surface area contributed by atoms with Gasteiger partial charge in [-0.2, -0.15) is 13.2 Å². The summed E-state index contributed by atoms with van der Waals surface area (Å²) < 4.78 is 41.5. The molecule has 2 N–H and O–H groups in total. The number of hydrogen-bond acceptors (Lipinski definition) is 3. The van der Waals surface area contributed by atoms with E-state index in [1.54, 1.807) is 32.1 Å². The first-order valence-corrected chi connectivity index (χ1v) is 10.4. The summed E-state index contributed by atoms with van der Waals surface area (Å²) in [4.78, 5) is 7.87. The van der Waals surface area contributed by atoms with Gasteiger partial charge < -0.3 is 14.8 Å². The Labute approximate surface area is 189 Å². The third-order valence-corrected chi connectivity index (χ3v) is 5.11. The zero-order valence-corrected chi connectivity index (χ0v) is 18.1. The molecule has 7 heteroatoms. The number of aromatic nitrogens is 2. The van der Waals surface area contributed by atoms with Crippen molar-refractivity contribution < 1.29 is 23.0 Å². The molecule has 4 nitrogen and oxygen atoms in total. The van der Waals surface area contributed by atoms with Crippen molar-refractivity contribution in [3.8, 4) is 16.9 Å². The normalized spacial score (nSPS) is 12.5. The molecule has 3 aromatic carbocycles. The Kier molecular flexibility index (Phi) is 5.99. The van der Waals surface area contributed by atoms with Crippen LogP contribution in [0.5, 0.6) is 5.75 Å². The van der Waals surface area contributed by atoms with Crippen LogP contribution in [0.3, 0.4) is 0 Å². The molecule has 0 radical (unpaired) electrons. The van der Waals surface area contributed by atoms with Gasteiger partial charge in [-0.25, -0.2) is 4.98 Å². The van der Waals surface area contributed by atoms with Crippen molar-refractivity contribution in [2.75, 3.05) is 6.61 Å². The highest BCUT2D eigenvalue weighted by molar-refractivity contribution is 5.84. The van der Waals surface area contributed by atoms with Crippen LogP contribution in [0.1, 0.15) is 30.8 Å². The van der Waals surface area contributed by atoms with E-state index in [4.69, 9.17) is 4.74 Å². The molecule has 1 aromatic heterocycles. The Morgan fingerprint density at radius 2 is 1.70 bits per heavy atom. The summed E-state index contributed by atoms with van der Waals surface area (Å²) in [5.41, 5.74) is 4.22. The van der Waals surface area contributed by atoms with E-state index in [1.165, 1.54) is 12.1 Å². The lowest BCUT2D eigenvalue weighted by molar-refractivity contribution is -0.153. The maximum absolute atomic E-state index is 12.3. The minimum atomic E-state index is -4.36. The first kappa shape index (κ1) is 22.6. The van der Waals surface area contributed by atoms with Gasteiger partial charge in [0.2, 0.25) is 0 Å². The first-order chi connectivity index (χ1) is 15.6. The number of benzene rings is 3. The predicted octanol–water partition coefficient (Wildman–Crippen LogP) is 6.57. The molecule has 4 rings (SSSR count). The number of ether oxygens (including phenoxy) is 1. The molecule has 33 heavy (non-hydrogen) atoms. The number of aliphatic hydroxyl groups is 1. The fourth-order valence-corrected chi connectivity index (χ4v) is 3.56. The van der Waals surface area contributed by atoms with E-state index in [9.17, 15) is 18.3 Å².